The molecule has 2 aliphatic rings. The van der Waals surface area contributed by atoms with E-state index in [0.29, 0.717) is 18.7 Å². The molecule has 2 aliphatic heterocycles. The number of oxime groups is 1. The van der Waals surface area contributed by atoms with E-state index < -0.39 is 0 Å². The molecule has 1 aromatic carbocycles. The van der Waals surface area contributed by atoms with Gasteiger partial charge in [-0.15, -0.1) is 11.3 Å². The Hall–Kier alpha value is -2.14. The van der Waals surface area contributed by atoms with E-state index in [0.717, 1.165) is 21.6 Å². The van der Waals surface area contributed by atoms with Crippen LogP contribution in [0.15, 0.2) is 40.9 Å². The number of rotatable bonds is 0. The maximum atomic E-state index is 12.5. The second kappa shape index (κ2) is 4.18. The topological polar surface area (TPSA) is 52.9 Å². The molecule has 20 heavy (non-hydrogen) atoms. The van der Waals surface area contributed by atoms with Crippen LogP contribution in [0.1, 0.15) is 38.8 Å². The van der Waals surface area contributed by atoms with Crippen molar-refractivity contribution < 1.29 is 10.0 Å². The number of nitrogens with zero attached hydrogens (tertiary/aromatic N) is 2. The maximum absolute atomic E-state index is 12.5. The number of carbonyl (C=O) groups is 1. The van der Waals surface area contributed by atoms with Gasteiger partial charge in [0, 0.05) is 22.4 Å². The molecular weight excluding hydrogens is 272 g/mol. The molecule has 0 bridgehead atoms. The molecule has 1 amide bonds. The second-order valence-electron chi connectivity index (χ2n) is 5.04. The molecule has 0 aliphatic carbocycles. The Balaban J connectivity index is 1.87. The van der Waals surface area contributed by atoms with E-state index in [1.165, 1.54) is 0 Å². The fourth-order valence-corrected chi connectivity index (χ4v) is 4.01. The van der Waals surface area contributed by atoms with E-state index >= 15 is 0 Å². The number of amides is 1. The van der Waals surface area contributed by atoms with Crippen molar-refractivity contribution in [3.63, 3.8) is 0 Å². The Morgan fingerprint density at radius 3 is 2.95 bits per heavy atom. The van der Waals surface area contributed by atoms with Crippen molar-refractivity contribution in [2.24, 2.45) is 5.16 Å². The minimum atomic E-state index is -0.0239. The highest BCUT2D eigenvalue weighted by Crippen LogP contribution is 2.41. The van der Waals surface area contributed by atoms with E-state index in [9.17, 15) is 10.0 Å². The summed E-state index contributed by atoms with van der Waals surface area (Å²) in [6.45, 7) is 0.587. The lowest BCUT2D eigenvalue weighted by molar-refractivity contribution is 0.0719. The monoisotopic (exact) mass is 284 g/mol. The van der Waals surface area contributed by atoms with Crippen LogP contribution in [0.3, 0.4) is 0 Å². The quantitative estimate of drug-likeness (QED) is 0.597. The third-order valence-corrected chi connectivity index (χ3v) is 4.97. The summed E-state index contributed by atoms with van der Waals surface area (Å²) in [4.78, 5) is 15.5. The molecule has 0 saturated heterocycles. The van der Waals surface area contributed by atoms with Crippen LogP contribution in [0.4, 0.5) is 0 Å². The maximum Gasteiger partial charge on any atom is 0.255 e. The summed E-state index contributed by atoms with van der Waals surface area (Å²) in [6.07, 6.45) is 0.559. The zero-order chi connectivity index (χ0) is 13.7. The molecule has 1 unspecified atom stereocenters. The Morgan fingerprint density at radius 2 is 2.10 bits per heavy atom. The fourth-order valence-electron chi connectivity index (χ4n) is 3.11. The van der Waals surface area contributed by atoms with Crippen molar-refractivity contribution in [1.29, 1.82) is 0 Å². The van der Waals surface area contributed by atoms with Gasteiger partial charge in [0.15, 0.2) is 0 Å². The summed E-state index contributed by atoms with van der Waals surface area (Å²) in [5, 5.41) is 14.7. The molecule has 0 fully saturated rings. The molecule has 0 spiro atoms. The number of hydrogen-bond donors (Lipinski definition) is 1. The van der Waals surface area contributed by atoms with E-state index in [-0.39, 0.29) is 11.9 Å². The third kappa shape index (κ3) is 1.47. The Bertz CT molecular complexity index is 735. The summed E-state index contributed by atoms with van der Waals surface area (Å²) >= 11 is 1.60. The number of benzene rings is 1. The number of fused-ring (bicyclic) bond motifs is 4. The minimum Gasteiger partial charge on any atom is -0.411 e. The first kappa shape index (κ1) is 11.7. The van der Waals surface area contributed by atoms with E-state index in [1.807, 2.05) is 40.6 Å². The Morgan fingerprint density at radius 1 is 1.25 bits per heavy atom. The Labute approximate surface area is 120 Å². The second-order valence-corrected chi connectivity index (χ2v) is 6.05. The molecule has 1 atom stereocenters. The number of carbonyl (C=O) groups excluding carboxylic acids is 1. The average molecular weight is 284 g/mol. The highest BCUT2D eigenvalue weighted by Gasteiger charge is 2.40. The van der Waals surface area contributed by atoms with Crippen LogP contribution in [0.2, 0.25) is 0 Å². The highest BCUT2D eigenvalue weighted by atomic mass is 32.1. The molecular formula is C15H12N2O2S. The molecule has 4 nitrogen and oxygen atoms in total. The summed E-state index contributed by atoms with van der Waals surface area (Å²) in [7, 11) is 0. The van der Waals surface area contributed by atoms with Crippen LogP contribution in [0.25, 0.3) is 0 Å². The zero-order valence-corrected chi connectivity index (χ0v) is 11.4. The van der Waals surface area contributed by atoms with Gasteiger partial charge in [-0.3, -0.25) is 4.79 Å². The fraction of sp³-hybridized carbons (Fsp3) is 0.200. The largest absolute Gasteiger partial charge is 0.411 e. The van der Waals surface area contributed by atoms with Crippen molar-refractivity contribution in [1.82, 2.24) is 4.90 Å². The summed E-state index contributed by atoms with van der Waals surface area (Å²) < 4.78 is 0. The van der Waals surface area contributed by atoms with Gasteiger partial charge in [-0.2, -0.15) is 0 Å². The summed E-state index contributed by atoms with van der Waals surface area (Å²) in [5.74, 6) is 0.0733. The van der Waals surface area contributed by atoms with Crippen molar-refractivity contribution in [2.75, 3.05) is 0 Å². The number of hydrogen-bond acceptors (Lipinski definition) is 4. The molecule has 1 N–H and O–H groups in total. The van der Waals surface area contributed by atoms with Crippen molar-refractivity contribution >= 4 is 23.0 Å². The lowest BCUT2D eigenvalue weighted by atomic mass is 9.98. The predicted octanol–water partition coefficient (Wildman–Crippen LogP) is 3.03. The molecule has 0 radical (unpaired) electrons. The van der Waals surface area contributed by atoms with Crippen molar-refractivity contribution in [2.45, 2.75) is 19.0 Å². The first-order valence-electron chi connectivity index (χ1n) is 6.47. The van der Waals surface area contributed by atoms with E-state index in [2.05, 4.69) is 5.16 Å². The van der Waals surface area contributed by atoms with Gasteiger partial charge in [-0.1, -0.05) is 23.4 Å². The smallest absolute Gasteiger partial charge is 0.255 e. The molecule has 0 saturated carbocycles. The van der Waals surface area contributed by atoms with Gasteiger partial charge in [0.1, 0.15) is 0 Å². The molecule has 1 aromatic heterocycles. The Kier molecular flexibility index (Phi) is 2.44. The van der Waals surface area contributed by atoms with Crippen LogP contribution < -0.4 is 0 Å². The molecule has 5 heteroatoms. The van der Waals surface area contributed by atoms with E-state index in [4.69, 9.17) is 0 Å². The summed E-state index contributed by atoms with van der Waals surface area (Å²) in [6, 6.07) is 9.65. The van der Waals surface area contributed by atoms with Gasteiger partial charge in [-0.25, -0.2) is 0 Å². The van der Waals surface area contributed by atoms with E-state index in [1.54, 1.807) is 11.3 Å². The van der Waals surface area contributed by atoms with Crippen LogP contribution in [0, 0.1) is 0 Å². The lowest BCUT2D eigenvalue weighted by Crippen LogP contribution is -2.26. The van der Waals surface area contributed by atoms with Gasteiger partial charge in [-0.05, 0) is 23.1 Å². The van der Waals surface area contributed by atoms with Crippen LogP contribution in [0.5, 0.6) is 0 Å². The minimum absolute atomic E-state index is 0.0239. The van der Waals surface area contributed by atoms with Crippen LogP contribution >= 0.6 is 11.3 Å². The standard InChI is InChI=1S/C15H12N2O2S/c18-15-10-4-2-1-3-9(10)13-7-12(16-19)11-5-6-20-14(11)8-17(13)15/h1-6,13,19H,7-8H2/b16-12-. The van der Waals surface area contributed by atoms with Gasteiger partial charge in [0.25, 0.3) is 5.91 Å². The van der Waals surface area contributed by atoms with Crippen molar-refractivity contribution in [3.8, 4) is 0 Å². The summed E-state index contributed by atoms with van der Waals surface area (Å²) in [5.41, 5.74) is 3.44. The third-order valence-electron chi connectivity index (χ3n) is 4.06. The zero-order valence-electron chi connectivity index (χ0n) is 10.6. The molecule has 4 rings (SSSR count). The van der Waals surface area contributed by atoms with Gasteiger partial charge >= 0.3 is 0 Å². The molecule has 2 aromatic rings. The van der Waals surface area contributed by atoms with Gasteiger partial charge in [0.05, 0.1) is 18.3 Å². The molecule has 3 heterocycles. The SMILES string of the molecule is O=C1c2ccccc2C2C/C(=N/O)c3ccsc3CN12. The lowest BCUT2D eigenvalue weighted by Gasteiger charge is -2.22. The average Bonchev–Trinajstić information content (AvgIpc) is 2.99. The predicted molar refractivity (Wildman–Crippen MR) is 76.3 cm³/mol. The first-order valence-corrected chi connectivity index (χ1v) is 7.35. The molecule has 100 valence electrons. The van der Waals surface area contributed by atoms with Crippen LogP contribution in [-0.4, -0.2) is 21.7 Å². The highest BCUT2D eigenvalue weighted by molar-refractivity contribution is 7.10. The van der Waals surface area contributed by atoms with Gasteiger partial charge in [0.2, 0.25) is 0 Å². The first-order chi connectivity index (χ1) is 9.79. The normalized spacial score (nSPS) is 22.4. The van der Waals surface area contributed by atoms with Gasteiger partial charge < -0.3 is 10.1 Å². The number of thiophene rings is 1. The van der Waals surface area contributed by atoms with Crippen LogP contribution in [-0.2, 0) is 6.54 Å². The van der Waals surface area contributed by atoms with Crippen molar-refractivity contribution in [3.05, 3.63) is 57.3 Å².